The van der Waals surface area contributed by atoms with Crippen LogP contribution in [0.3, 0.4) is 0 Å². The lowest BCUT2D eigenvalue weighted by Gasteiger charge is -2.14. The highest BCUT2D eigenvalue weighted by atomic mass is 35.5. The zero-order valence-electron chi connectivity index (χ0n) is 10.1. The molecule has 1 amide bonds. The quantitative estimate of drug-likeness (QED) is 0.811. The third kappa shape index (κ3) is 4.08. The summed E-state index contributed by atoms with van der Waals surface area (Å²) < 4.78 is 0.604. The van der Waals surface area contributed by atoms with Crippen molar-refractivity contribution in [2.45, 2.75) is 18.9 Å². The lowest BCUT2D eigenvalue weighted by Crippen LogP contribution is -2.38. The van der Waals surface area contributed by atoms with Gasteiger partial charge in [0.05, 0.1) is 22.3 Å². The van der Waals surface area contributed by atoms with Gasteiger partial charge in [-0.25, -0.2) is 0 Å². The minimum Gasteiger partial charge on any atom is -0.352 e. The van der Waals surface area contributed by atoms with Crippen LogP contribution in [0.2, 0.25) is 4.34 Å². The first-order chi connectivity index (χ1) is 8.54. The number of hydrogen-bond donors (Lipinski definition) is 1. The Morgan fingerprint density at radius 1 is 1.44 bits per heavy atom. The number of nitrogens with zero attached hydrogens (tertiary/aromatic N) is 1. The Balaban J connectivity index is 1.77. The first-order valence-electron chi connectivity index (χ1n) is 5.81. The van der Waals surface area contributed by atoms with Crippen molar-refractivity contribution in [2.75, 3.05) is 20.1 Å². The van der Waals surface area contributed by atoms with E-state index in [-0.39, 0.29) is 24.8 Å². The molecule has 0 spiro atoms. The van der Waals surface area contributed by atoms with Gasteiger partial charge in [0.25, 0.3) is 0 Å². The first kappa shape index (κ1) is 13.5. The van der Waals surface area contributed by atoms with Crippen LogP contribution in [0.4, 0.5) is 0 Å². The van der Waals surface area contributed by atoms with Crippen LogP contribution in [0.25, 0.3) is 0 Å². The minimum absolute atomic E-state index is 0.00591. The van der Waals surface area contributed by atoms with Crippen LogP contribution in [0.15, 0.2) is 12.1 Å². The number of halogens is 1. The molecule has 1 aliphatic carbocycles. The molecule has 1 saturated carbocycles. The van der Waals surface area contributed by atoms with E-state index in [2.05, 4.69) is 5.32 Å². The van der Waals surface area contributed by atoms with Gasteiger partial charge in [-0.1, -0.05) is 11.6 Å². The number of carbonyl (C=O) groups excluding carboxylic acids is 2. The molecule has 1 N–H and O–H groups in total. The summed E-state index contributed by atoms with van der Waals surface area (Å²) in [5, 5.41) is 2.89. The summed E-state index contributed by atoms with van der Waals surface area (Å²) in [6.07, 6.45) is 2.14. The normalized spacial score (nSPS) is 14.8. The minimum atomic E-state index is -0.0167. The van der Waals surface area contributed by atoms with Gasteiger partial charge < -0.3 is 5.32 Å². The molecule has 4 nitrogen and oxygen atoms in total. The number of likely N-dealkylation sites (N-methyl/N-ethyl adjacent to an activating group) is 1. The van der Waals surface area contributed by atoms with Crippen LogP contribution in [0.5, 0.6) is 0 Å². The molecule has 0 radical (unpaired) electrons. The summed E-state index contributed by atoms with van der Waals surface area (Å²) in [5.41, 5.74) is 0. The SMILES string of the molecule is CN(CC(=O)NC1CC1)CC(=O)c1ccc(Cl)s1. The average Bonchev–Trinajstić information content (AvgIpc) is 2.96. The second kappa shape index (κ2) is 5.82. The molecule has 0 aliphatic heterocycles. The highest BCUT2D eigenvalue weighted by molar-refractivity contribution is 7.18. The van der Waals surface area contributed by atoms with Gasteiger partial charge in [-0.2, -0.15) is 0 Å². The molecule has 98 valence electrons. The lowest BCUT2D eigenvalue weighted by atomic mass is 10.3. The van der Waals surface area contributed by atoms with Crippen molar-refractivity contribution < 1.29 is 9.59 Å². The van der Waals surface area contributed by atoms with Gasteiger partial charge in [-0.15, -0.1) is 11.3 Å². The summed E-state index contributed by atoms with van der Waals surface area (Å²) in [7, 11) is 1.76. The van der Waals surface area contributed by atoms with Gasteiger partial charge in [0, 0.05) is 6.04 Å². The van der Waals surface area contributed by atoms with Crippen LogP contribution in [0.1, 0.15) is 22.5 Å². The molecule has 1 aromatic rings. The number of thiophene rings is 1. The third-order valence-corrected chi connectivity index (χ3v) is 3.89. The zero-order chi connectivity index (χ0) is 13.1. The average molecular weight is 287 g/mol. The number of ketones is 1. The summed E-state index contributed by atoms with van der Waals surface area (Å²) in [6.45, 7) is 0.482. The molecule has 1 aliphatic rings. The van der Waals surface area contributed by atoms with Crippen LogP contribution < -0.4 is 5.32 Å². The van der Waals surface area contributed by atoms with Crippen LogP contribution in [0, 0.1) is 0 Å². The van der Waals surface area contributed by atoms with Crippen molar-refractivity contribution in [1.29, 1.82) is 0 Å². The van der Waals surface area contributed by atoms with E-state index in [0.29, 0.717) is 15.3 Å². The second-order valence-corrected chi connectivity index (χ2v) is 6.26. The van der Waals surface area contributed by atoms with E-state index in [0.717, 1.165) is 12.8 Å². The molecular weight excluding hydrogens is 272 g/mol. The maximum absolute atomic E-state index is 11.9. The highest BCUT2D eigenvalue weighted by Gasteiger charge is 2.23. The standard InChI is InChI=1S/C12H15ClN2O2S/c1-15(7-12(17)14-8-2-3-8)6-9(16)10-4-5-11(13)18-10/h4-5,8H,2-3,6-7H2,1H3,(H,14,17). The Hall–Kier alpha value is -0.910. The Morgan fingerprint density at radius 3 is 2.72 bits per heavy atom. The number of nitrogens with one attached hydrogen (secondary N) is 1. The maximum atomic E-state index is 11.9. The molecule has 1 fully saturated rings. The van der Waals surface area contributed by atoms with E-state index >= 15 is 0 Å². The fourth-order valence-corrected chi connectivity index (χ4v) is 2.56. The van der Waals surface area contributed by atoms with Gasteiger partial charge in [-0.05, 0) is 32.0 Å². The van der Waals surface area contributed by atoms with Gasteiger partial charge in [-0.3, -0.25) is 14.5 Å². The number of rotatable bonds is 6. The molecule has 1 heterocycles. The molecule has 0 aromatic carbocycles. The third-order valence-electron chi connectivity index (χ3n) is 2.62. The molecule has 0 atom stereocenters. The predicted octanol–water partition coefficient (Wildman–Crippen LogP) is 1.79. The van der Waals surface area contributed by atoms with Gasteiger partial charge in [0.1, 0.15) is 0 Å². The number of hydrogen-bond acceptors (Lipinski definition) is 4. The van der Waals surface area contributed by atoms with E-state index in [1.165, 1.54) is 11.3 Å². The lowest BCUT2D eigenvalue weighted by molar-refractivity contribution is -0.121. The van der Waals surface area contributed by atoms with E-state index in [1.54, 1.807) is 24.1 Å². The fourth-order valence-electron chi connectivity index (χ4n) is 1.59. The zero-order valence-corrected chi connectivity index (χ0v) is 11.7. The fraction of sp³-hybridized carbons (Fsp3) is 0.500. The summed E-state index contributed by atoms with van der Waals surface area (Å²) >= 11 is 7.04. The van der Waals surface area contributed by atoms with Crippen molar-refractivity contribution in [3.63, 3.8) is 0 Å². The van der Waals surface area contributed by atoms with Gasteiger partial charge >= 0.3 is 0 Å². The first-order valence-corrected chi connectivity index (χ1v) is 7.00. The van der Waals surface area contributed by atoms with Crippen molar-refractivity contribution in [3.05, 3.63) is 21.3 Å². The summed E-state index contributed by atoms with van der Waals surface area (Å²) in [6, 6.07) is 3.78. The predicted molar refractivity (Wildman–Crippen MR) is 72.3 cm³/mol. The van der Waals surface area contributed by atoms with Crippen molar-refractivity contribution in [1.82, 2.24) is 10.2 Å². The Morgan fingerprint density at radius 2 is 2.17 bits per heavy atom. The van der Waals surface area contributed by atoms with E-state index in [1.807, 2.05) is 0 Å². The van der Waals surface area contributed by atoms with E-state index < -0.39 is 0 Å². The summed E-state index contributed by atoms with van der Waals surface area (Å²) in [4.78, 5) is 25.8. The molecule has 1 aromatic heterocycles. The van der Waals surface area contributed by atoms with Gasteiger partial charge in [0.15, 0.2) is 5.78 Å². The summed E-state index contributed by atoms with van der Waals surface area (Å²) in [5.74, 6) is -0.0226. The molecule has 0 saturated heterocycles. The number of carbonyl (C=O) groups is 2. The monoisotopic (exact) mass is 286 g/mol. The molecule has 18 heavy (non-hydrogen) atoms. The second-order valence-electron chi connectivity index (χ2n) is 4.54. The van der Waals surface area contributed by atoms with Crippen LogP contribution >= 0.6 is 22.9 Å². The molecular formula is C12H15ClN2O2S. The highest BCUT2D eigenvalue weighted by Crippen LogP contribution is 2.22. The Kier molecular flexibility index (Phi) is 4.37. The van der Waals surface area contributed by atoms with E-state index in [4.69, 9.17) is 11.6 Å². The van der Waals surface area contributed by atoms with Crippen molar-refractivity contribution in [3.8, 4) is 0 Å². The molecule has 0 bridgehead atoms. The largest absolute Gasteiger partial charge is 0.352 e. The number of Topliss-reactive ketones (excluding diaryl/α,β-unsaturated/α-hetero) is 1. The van der Waals surface area contributed by atoms with Crippen molar-refractivity contribution in [2.24, 2.45) is 0 Å². The molecule has 2 rings (SSSR count). The number of amides is 1. The Bertz CT molecular complexity index is 457. The van der Waals surface area contributed by atoms with Crippen LogP contribution in [-0.4, -0.2) is 42.8 Å². The smallest absolute Gasteiger partial charge is 0.234 e. The Labute approximate surface area is 115 Å². The maximum Gasteiger partial charge on any atom is 0.234 e. The van der Waals surface area contributed by atoms with E-state index in [9.17, 15) is 9.59 Å². The topological polar surface area (TPSA) is 49.4 Å². The van der Waals surface area contributed by atoms with Crippen LogP contribution in [-0.2, 0) is 4.79 Å². The molecule has 6 heteroatoms. The van der Waals surface area contributed by atoms with Crippen molar-refractivity contribution >= 4 is 34.6 Å². The van der Waals surface area contributed by atoms with Gasteiger partial charge in [0.2, 0.25) is 5.91 Å². The molecule has 0 unspecified atom stereocenters.